The number of hydrogen-bond donors (Lipinski definition) is 1. The van der Waals surface area contributed by atoms with Gasteiger partial charge in [-0.3, -0.25) is 9.69 Å². The van der Waals surface area contributed by atoms with Gasteiger partial charge in [0, 0.05) is 43.9 Å². The van der Waals surface area contributed by atoms with E-state index in [2.05, 4.69) is 50.1 Å². The Morgan fingerprint density at radius 3 is 2.84 bits per heavy atom. The molecule has 0 bridgehead atoms. The molecule has 0 aliphatic carbocycles. The fourth-order valence-corrected chi connectivity index (χ4v) is 4.68. The van der Waals surface area contributed by atoms with Crippen LogP contribution >= 0.6 is 0 Å². The minimum Gasteiger partial charge on any atom is -0.348 e. The van der Waals surface area contributed by atoms with Gasteiger partial charge in [0.2, 0.25) is 5.91 Å². The number of likely N-dealkylation sites (tertiary alicyclic amines) is 2. The molecule has 5 heteroatoms. The van der Waals surface area contributed by atoms with Gasteiger partial charge in [0.15, 0.2) is 0 Å². The topological polar surface area (TPSA) is 52.2 Å². The first-order chi connectivity index (χ1) is 12.2. The Kier molecular flexibility index (Phi) is 4.57. The maximum Gasteiger partial charge on any atom is 0.219 e. The zero-order chi connectivity index (χ0) is 17.2. The third-order valence-electron chi connectivity index (χ3n) is 5.76. The van der Waals surface area contributed by atoms with Crippen molar-refractivity contribution < 1.29 is 4.79 Å². The molecule has 2 fully saturated rings. The van der Waals surface area contributed by atoms with Gasteiger partial charge in [-0.1, -0.05) is 36.8 Å². The average molecular weight is 338 g/mol. The number of carbonyl (C=O) groups excluding carboxylic acids is 1. The van der Waals surface area contributed by atoms with Crippen LogP contribution in [0.15, 0.2) is 42.7 Å². The lowest BCUT2D eigenvalue weighted by Gasteiger charge is -2.34. The van der Waals surface area contributed by atoms with Crippen LogP contribution in [-0.4, -0.2) is 50.8 Å². The van der Waals surface area contributed by atoms with Gasteiger partial charge in [-0.25, -0.2) is 4.98 Å². The summed E-state index contributed by atoms with van der Waals surface area (Å²) in [5.74, 6) is 1.57. The number of aromatic amines is 1. The van der Waals surface area contributed by atoms with Gasteiger partial charge >= 0.3 is 0 Å². The van der Waals surface area contributed by atoms with Crippen LogP contribution in [0, 0.1) is 0 Å². The first-order valence-electron chi connectivity index (χ1n) is 9.28. The van der Waals surface area contributed by atoms with Crippen LogP contribution in [0.4, 0.5) is 0 Å². The molecule has 5 nitrogen and oxygen atoms in total. The van der Waals surface area contributed by atoms with Crippen molar-refractivity contribution in [3.8, 4) is 0 Å². The molecule has 1 N–H and O–H groups in total. The molecule has 1 amide bonds. The van der Waals surface area contributed by atoms with Gasteiger partial charge in [-0.05, 0) is 24.9 Å². The van der Waals surface area contributed by atoms with Crippen molar-refractivity contribution >= 4 is 5.91 Å². The summed E-state index contributed by atoms with van der Waals surface area (Å²) in [6.07, 6.45) is 7.16. The van der Waals surface area contributed by atoms with Crippen LogP contribution in [0.1, 0.15) is 43.5 Å². The smallest absolute Gasteiger partial charge is 0.219 e. The Morgan fingerprint density at radius 1 is 1.28 bits per heavy atom. The van der Waals surface area contributed by atoms with Crippen molar-refractivity contribution in [2.24, 2.45) is 0 Å². The summed E-state index contributed by atoms with van der Waals surface area (Å²) >= 11 is 0. The normalized spacial score (nSPS) is 27.1. The molecule has 0 radical (unpaired) electrons. The zero-order valence-electron chi connectivity index (χ0n) is 14.8. The highest BCUT2D eigenvalue weighted by molar-refractivity contribution is 5.74. The Bertz CT molecular complexity index is 700. The van der Waals surface area contributed by atoms with E-state index in [0.717, 1.165) is 31.9 Å². The number of H-pyrrole nitrogens is 1. The standard InChI is InChI=1S/C20H26N4O/c1-15(25)24-13-17(16-7-3-2-4-8-16)20-18(24)9-5-6-12-23(20)14-19-21-10-11-22-19/h2-4,7-8,10-11,17-18,20H,5-6,9,12-14H2,1H3,(H,21,22)/t17-,18-,20-/m0/s1. The molecule has 1 aromatic heterocycles. The summed E-state index contributed by atoms with van der Waals surface area (Å²) in [6, 6.07) is 11.4. The second-order valence-electron chi connectivity index (χ2n) is 7.25. The van der Waals surface area contributed by atoms with Crippen molar-refractivity contribution in [2.75, 3.05) is 13.1 Å². The summed E-state index contributed by atoms with van der Waals surface area (Å²) in [4.78, 5) is 24.6. The third kappa shape index (κ3) is 3.21. The molecule has 4 rings (SSSR count). The van der Waals surface area contributed by atoms with Crippen molar-refractivity contribution in [1.82, 2.24) is 19.8 Å². The number of fused-ring (bicyclic) bond motifs is 1. The first kappa shape index (κ1) is 16.3. The molecule has 0 spiro atoms. The van der Waals surface area contributed by atoms with Crippen LogP contribution in [0.2, 0.25) is 0 Å². The highest BCUT2D eigenvalue weighted by atomic mass is 16.2. The highest BCUT2D eigenvalue weighted by Gasteiger charge is 2.46. The number of amides is 1. The number of aromatic nitrogens is 2. The van der Waals surface area contributed by atoms with Crippen LogP contribution in [-0.2, 0) is 11.3 Å². The Hall–Kier alpha value is -2.14. The predicted molar refractivity (Wildman–Crippen MR) is 97.0 cm³/mol. The summed E-state index contributed by atoms with van der Waals surface area (Å²) < 4.78 is 0. The van der Waals surface area contributed by atoms with Gasteiger partial charge in [0.05, 0.1) is 6.54 Å². The fraction of sp³-hybridized carbons (Fsp3) is 0.500. The monoisotopic (exact) mass is 338 g/mol. The van der Waals surface area contributed by atoms with E-state index >= 15 is 0 Å². The lowest BCUT2D eigenvalue weighted by molar-refractivity contribution is -0.130. The van der Waals surface area contributed by atoms with Crippen LogP contribution in [0.25, 0.3) is 0 Å². The molecule has 2 aromatic rings. The van der Waals surface area contributed by atoms with E-state index in [1.807, 2.05) is 12.4 Å². The van der Waals surface area contributed by atoms with Crippen molar-refractivity contribution in [1.29, 1.82) is 0 Å². The molecule has 3 heterocycles. The largest absolute Gasteiger partial charge is 0.348 e. The van der Waals surface area contributed by atoms with E-state index in [9.17, 15) is 4.79 Å². The Labute approximate surface area is 149 Å². The van der Waals surface area contributed by atoms with Crippen LogP contribution in [0.3, 0.4) is 0 Å². The molecule has 0 unspecified atom stereocenters. The van der Waals surface area contributed by atoms with E-state index in [4.69, 9.17) is 0 Å². The minimum atomic E-state index is 0.202. The van der Waals surface area contributed by atoms with Gasteiger partial charge < -0.3 is 9.88 Å². The Morgan fingerprint density at radius 2 is 2.12 bits per heavy atom. The van der Waals surface area contributed by atoms with E-state index in [-0.39, 0.29) is 5.91 Å². The van der Waals surface area contributed by atoms with E-state index in [1.165, 1.54) is 18.4 Å². The van der Waals surface area contributed by atoms with Gasteiger partial charge in [-0.2, -0.15) is 0 Å². The SMILES string of the molecule is CC(=O)N1C[C@@H](c2ccccc2)[C@H]2[C@@H]1CCCCN2Cc1ncc[nH]1. The number of imidazole rings is 1. The van der Waals surface area contributed by atoms with Crippen LogP contribution < -0.4 is 0 Å². The maximum atomic E-state index is 12.3. The summed E-state index contributed by atoms with van der Waals surface area (Å²) in [5, 5.41) is 0. The molecular formula is C20H26N4O. The molecule has 25 heavy (non-hydrogen) atoms. The molecule has 1 aromatic carbocycles. The van der Waals surface area contributed by atoms with Gasteiger partial charge in [-0.15, -0.1) is 0 Å². The molecule has 2 aliphatic rings. The lowest BCUT2D eigenvalue weighted by Crippen LogP contribution is -2.46. The van der Waals surface area contributed by atoms with E-state index in [0.29, 0.717) is 18.0 Å². The van der Waals surface area contributed by atoms with Crippen molar-refractivity contribution in [3.05, 3.63) is 54.1 Å². The minimum absolute atomic E-state index is 0.202. The molecule has 3 atom stereocenters. The summed E-state index contributed by atoms with van der Waals surface area (Å²) in [6.45, 7) is 4.43. The molecular weight excluding hydrogens is 312 g/mol. The summed E-state index contributed by atoms with van der Waals surface area (Å²) in [7, 11) is 0. The predicted octanol–water partition coefficient (Wildman–Crippen LogP) is 2.78. The number of carbonyl (C=O) groups is 1. The van der Waals surface area contributed by atoms with E-state index in [1.54, 1.807) is 6.92 Å². The number of benzene rings is 1. The molecule has 2 aliphatic heterocycles. The second kappa shape index (κ2) is 7.00. The zero-order valence-corrected chi connectivity index (χ0v) is 14.8. The summed E-state index contributed by atoms with van der Waals surface area (Å²) in [5.41, 5.74) is 1.34. The highest BCUT2D eigenvalue weighted by Crippen LogP contribution is 2.39. The first-order valence-corrected chi connectivity index (χ1v) is 9.28. The average Bonchev–Trinajstić information content (AvgIpc) is 3.21. The second-order valence-corrected chi connectivity index (χ2v) is 7.25. The Balaban J connectivity index is 1.69. The number of nitrogens with one attached hydrogen (secondary N) is 1. The van der Waals surface area contributed by atoms with Gasteiger partial charge in [0.25, 0.3) is 0 Å². The van der Waals surface area contributed by atoms with E-state index < -0.39 is 0 Å². The third-order valence-corrected chi connectivity index (χ3v) is 5.76. The molecule has 2 saturated heterocycles. The maximum absolute atomic E-state index is 12.3. The molecule has 132 valence electrons. The fourth-order valence-electron chi connectivity index (χ4n) is 4.68. The van der Waals surface area contributed by atoms with Crippen LogP contribution in [0.5, 0.6) is 0 Å². The number of hydrogen-bond acceptors (Lipinski definition) is 3. The molecule has 0 saturated carbocycles. The van der Waals surface area contributed by atoms with Gasteiger partial charge in [0.1, 0.15) is 5.82 Å². The number of nitrogens with zero attached hydrogens (tertiary/aromatic N) is 3. The quantitative estimate of drug-likeness (QED) is 0.936. The number of rotatable bonds is 3. The van der Waals surface area contributed by atoms with Crippen molar-refractivity contribution in [3.63, 3.8) is 0 Å². The lowest BCUT2D eigenvalue weighted by atomic mass is 9.89. The van der Waals surface area contributed by atoms with Crippen molar-refractivity contribution in [2.45, 2.75) is 50.7 Å².